The SMILES string of the molecule is Cn1cnc(C2CC3(C2)CC(O)(CNc2ncc(F)cn2)C3)c1C(=O)Nc1ccc(F)c(Cl)c1. The molecule has 0 saturated heterocycles. The van der Waals surface area contributed by atoms with Gasteiger partial charge in [-0.05, 0) is 49.3 Å². The van der Waals surface area contributed by atoms with Crippen molar-refractivity contribution in [3.05, 3.63) is 65.0 Å². The van der Waals surface area contributed by atoms with Crippen LogP contribution in [0.15, 0.2) is 36.9 Å². The smallest absolute Gasteiger partial charge is 0.274 e. The maximum atomic E-state index is 13.4. The highest BCUT2D eigenvalue weighted by molar-refractivity contribution is 6.31. The van der Waals surface area contributed by atoms with Gasteiger partial charge in [-0.2, -0.15) is 0 Å². The van der Waals surface area contributed by atoms with Gasteiger partial charge in [0.05, 0.1) is 35.0 Å². The van der Waals surface area contributed by atoms with Gasteiger partial charge in [0.25, 0.3) is 5.91 Å². The van der Waals surface area contributed by atoms with Gasteiger partial charge in [-0.1, -0.05) is 11.6 Å². The fraction of sp³-hybridized carbons (Fsp3) is 0.391. The van der Waals surface area contributed by atoms with E-state index < -0.39 is 17.2 Å². The molecule has 1 amide bonds. The van der Waals surface area contributed by atoms with Crippen LogP contribution in [0.25, 0.3) is 0 Å². The summed E-state index contributed by atoms with van der Waals surface area (Å²) in [5, 5.41) is 16.5. The van der Waals surface area contributed by atoms with Crippen molar-refractivity contribution in [2.24, 2.45) is 12.5 Å². The van der Waals surface area contributed by atoms with Crippen molar-refractivity contribution >= 4 is 29.1 Å². The molecule has 178 valence electrons. The summed E-state index contributed by atoms with van der Waals surface area (Å²) in [6.07, 6.45) is 6.63. The van der Waals surface area contributed by atoms with Crippen LogP contribution >= 0.6 is 11.6 Å². The van der Waals surface area contributed by atoms with Crippen molar-refractivity contribution in [3.63, 3.8) is 0 Å². The standard InChI is InChI=1S/C23H23ClF2N6O2/c1-32-12-30-18(19(32)20(33)31-15-2-3-17(26)16(24)4-15)13-5-22(6-13)9-23(34,10-22)11-29-21-27-7-14(25)8-28-21/h2-4,7-8,12-13,34H,5-6,9-11H2,1H3,(H,31,33)(H,27,28,29). The minimum Gasteiger partial charge on any atom is -0.388 e. The molecule has 2 saturated carbocycles. The molecule has 0 radical (unpaired) electrons. The van der Waals surface area contributed by atoms with E-state index in [1.54, 1.807) is 17.9 Å². The second kappa shape index (κ2) is 8.28. The van der Waals surface area contributed by atoms with Crippen molar-refractivity contribution in [3.8, 4) is 0 Å². The van der Waals surface area contributed by atoms with Crippen LogP contribution in [-0.2, 0) is 7.05 Å². The number of rotatable bonds is 6. The van der Waals surface area contributed by atoms with Gasteiger partial charge in [0.2, 0.25) is 5.95 Å². The van der Waals surface area contributed by atoms with E-state index in [1.807, 2.05) is 0 Å². The van der Waals surface area contributed by atoms with Crippen molar-refractivity contribution in [1.29, 1.82) is 0 Å². The van der Waals surface area contributed by atoms with Crippen LogP contribution < -0.4 is 10.6 Å². The summed E-state index contributed by atoms with van der Waals surface area (Å²) in [6, 6.07) is 4.02. The van der Waals surface area contributed by atoms with Crippen molar-refractivity contribution in [2.45, 2.75) is 37.2 Å². The number of imidazole rings is 1. The molecule has 5 rings (SSSR count). The molecule has 0 unspecified atom stereocenters. The summed E-state index contributed by atoms with van der Waals surface area (Å²) in [5.74, 6) is -1.03. The Morgan fingerprint density at radius 2 is 1.94 bits per heavy atom. The number of amides is 1. The number of nitrogens with one attached hydrogen (secondary N) is 2. The Morgan fingerprint density at radius 1 is 1.24 bits per heavy atom. The maximum Gasteiger partial charge on any atom is 0.274 e. The lowest BCUT2D eigenvalue weighted by molar-refractivity contribution is -0.161. The molecular formula is C23H23ClF2N6O2. The first-order valence-corrected chi connectivity index (χ1v) is 11.2. The van der Waals surface area contributed by atoms with Crippen molar-refractivity contribution < 1.29 is 18.7 Å². The van der Waals surface area contributed by atoms with E-state index in [9.17, 15) is 18.7 Å². The summed E-state index contributed by atoms with van der Waals surface area (Å²) in [7, 11) is 1.75. The van der Waals surface area contributed by atoms with E-state index in [-0.39, 0.29) is 34.8 Å². The fourth-order valence-corrected chi connectivity index (χ4v) is 5.55. The minimum absolute atomic E-state index is 0.0144. The molecule has 2 aliphatic rings. The second-order valence-corrected chi connectivity index (χ2v) is 9.84. The number of aromatic nitrogens is 4. The Kier molecular flexibility index (Phi) is 5.52. The molecule has 11 heteroatoms. The van der Waals surface area contributed by atoms with E-state index in [4.69, 9.17) is 11.6 Å². The third-order valence-electron chi connectivity index (χ3n) is 6.71. The van der Waals surface area contributed by atoms with Crippen LogP contribution in [0.5, 0.6) is 0 Å². The number of aryl methyl sites for hydroxylation is 1. The van der Waals surface area contributed by atoms with Gasteiger partial charge < -0.3 is 20.3 Å². The molecule has 0 aliphatic heterocycles. The average Bonchev–Trinajstić information content (AvgIpc) is 3.13. The summed E-state index contributed by atoms with van der Waals surface area (Å²) >= 11 is 5.82. The second-order valence-electron chi connectivity index (χ2n) is 9.43. The Balaban J connectivity index is 1.19. The topological polar surface area (TPSA) is 105 Å². The van der Waals surface area contributed by atoms with Crippen LogP contribution in [0.3, 0.4) is 0 Å². The molecule has 34 heavy (non-hydrogen) atoms. The molecule has 8 nitrogen and oxygen atoms in total. The molecule has 2 fully saturated rings. The average molecular weight is 489 g/mol. The zero-order chi connectivity index (χ0) is 24.1. The van der Waals surface area contributed by atoms with Gasteiger partial charge in [-0.3, -0.25) is 4.79 Å². The highest BCUT2D eigenvalue weighted by Gasteiger charge is 2.60. The normalized spacial score (nSPS) is 25.5. The Hall–Kier alpha value is -3.11. The van der Waals surface area contributed by atoms with E-state index in [1.165, 1.54) is 18.2 Å². The first-order chi connectivity index (χ1) is 16.2. The van der Waals surface area contributed by atoms with E-state index in [2.05, 4.69) is 25.6 Å². The molecule has 2 aliphatic carbocycles. The number of halogens is 3. The molecule has 1 aromatic carbocycles. The van der Waals surface area contributed by atoms with E-state index in [0.717, 1.165) is 25.2 Å². The molecular weight excluding hydrogens is 466 g/mol. The predicted molar refractivity (Wildman–Crippen MR) is 122 cm³/mol. The lowest BCUT2D eigenvalue weighted by Gasteiger charge is -2.61. The highest BCUT2D eigenvalue weighted by Crippen LogP contribution is 2.65. The Morgan fingerprint density at radius 3 is 2.62 bits per heavy atom. The van der Waals surface area contributed by atoms with E-state index in [0.29, 0.717) is 29.9 Å². The Bertz CT molecular complexity index is 1230. The van der Waals surface area contributed by atoms with E-state index >= 15 is 0 Å². The number of carbonyl (C=O) groups is 1. The Labute approximate surface area is 199 Å². The summed E-state index contributed by atoms with van der Waals surface area (Å²) in [6.45, 7) is 0.280. The molecule has 3 aromatic rings. The molecule has 0 atom stereocenters. The third-order valence-corrected chi connectivity index (χ3v) is 7.00. The summed E-state index contributed by atoms with van der Waals surface area (Å²) in [5.41, 5.74) is 0.697. The number of anilines is 2. The third kappa shape index (κ3) is 4.23. The minimum atomic E-state index is -0.880. The molecule has 1 spiro atoms. The highest BCUT2D eigenvalue weighted by atomic mass is 35.5. The number of aliphatic hydroxyl groups is 1. The number of nitrogens with zero attached hydrogens (tertiary/aromatic N) is 4. The van der Waals surface area contributed by atoms with Crippen LogP contribution in [-0.4, -0.2) is 42.7 Å². The molecule has 2 aromatic heterocycles. The van der Waals surface area contributed by atoms with Gasteiger partial charge in [0.1, 0.15) is 11.5 Å². The monoisotopic (exact) mass is 488 g/mol. The van der Waals surface area contributed by atoms with Gasteiger partial charge >= 0.3 is 0 Å². The first-order valence-electron chi connectivity index (χ1n) is 10.9. The summed E-state index contributed by atoms with van der Waals surface area (Å²) in [4.78, 5) is 25.1. The molecule has 2 heterocycles. The zero-order valence-electron chi connectivity index (χ0n) is 18.4. The molecule has 0 bridgehead atoms. The van der Waals surface area contributed by atoms with Crippen LogP contribution in [0.1, 0.15) is 47.8 Å². The largest absolute Gasteiger partial charge is 0.388 e. The van der Waals surface area contributed by atoms with Gasteiger partial charge in [-0.25, -0.2) is 23.7 Å². The first kappa shape index (κ1) is 22.7. The molecule has 3 N–H and O–H groups in total. The zero-order valence-corrected chi connectivity index (χ0v) is 19.1. The van der Waals surface area contributed by atoms with Crippen LogP contribution in [0.2, 0.25) is 5.02 Å². The van der Waals surface area contributed by atoms with Crippen LogP contribution in [0, 0.1) is 17.0 Å². The van der Waals surface area contributed by atoms with Crippen molar-refractivity contribution in [2.75, 3.05) is 17.2 Å². The number of carbonyl (C=O) groups excluding carboxylic acids is 1. The van der Waals surface area contributed by atoms with Crippen LogP contribution in [0.4, 0.5) is 20.4 Å². The lowest BCUT2D eigenvalue weighted by Crippen LogP contribution is -2.60. The van der Waals surface area contributed by atoms with Gasteiger partial charge in [-0.15, -0.1) is 0 Å². The summed E-state index contributed by atoms with van der Waals surface area (Å²) < 4.78 is 28.0. The number of hydrogen-bond donors (Lipinski definition) is 3. The van der Waals surface area contributed by atoms with Gasteiger partial charge in [0, 0.05) is 25.2 Å². The van der Waals surface area contributed by atoms with Crippen molar-refractivity contribution in [1.82, 2.24) is 19.5 Å². The quantitative estimate of drug-likeness (QED) is 0.486. The predicted octanol–water partition coefficient (Wildman–Crippen LogP) is 3.89. The van der Waals surface area contributed by atoms with Gasteiger partial charge in [0.15, 0.2) is 5.82 Å². The lowest BCUT2D eigenvalue weighted by atomic mass is 9.46. The number of benzene rings is 1. The number of hydrogen-bond acceptors (Lipinski definition) is 6. The maximum absolute atomic E-state index is 13.4. The fourth-order valence-electron chi connectivity index (χ4n) is 5.37.